The summed E-state index contributed by atoms with van der Waals surface area (Å²) in [5, 5.41) is 9.94. The van der Waals surface area contributed by atoms with Gasteiger partial charge in [0.2, 0.25) is 11.6 Å². The van der Waals surface area contributed by atoms with Gasteiger partial charge < -0.3 is 0 Å². The topological polar surface area (TPSA) is 56.0 Å². The third kappa shape index (κ3) is 1.28. The number of hydrogen-bond acceptors (Lipinski definition) is 3. The lowest BCUT2D eigenvalue weighted by Crippen LogP contribution is -1.96. The number of halogens is 2. The SMILES string of the molecule is O=[N+]([O-])c1c(F)cncc1F. The molecule has 0 saturated carbocycles. The van der Waals surface area contributed by atoms with Crippen molar-refractivity contribution in [1.29, 1.82) is 0 Å². The molecule has 0 N–H and O–H groups in total. The monoisotopic (exact) mass is 160 g/mol. The van der Waals surface area contributed by atoms with Crippen LogP contribution in [0.4, 0.5) is 14.5 Å². The van der Waals surface area contributed by atoms with Crippen molar-refractivity contribution in [3.05, 3.63) is 34.1 Å². The Labute approximate surface area is 59.6 Å². The van der Waals surface area contributed by atoms with E-state index < -0.39 is 22.2 Å². The van der Waals surface area contributed by atoms with Gasteiger partial charge in [-0.05, 0) is 0 Å². The van der Waals surface area contributed by atoms with Crippen LogP contribution in [0.25, 0.3) is 0 Å². The average molecular weight is 160 g/mol. The number of nitro groups is 1. The van der Waals surface area contributed by atoms with Crippen molar-refractivity contribution in [2.24, 2.45) is 0 Å². The molecule has 0 bridgehead atoms. The van der Waals surface area contributed by atoms with E-state index in [2.05, 4.69) is 4.98 Å². The molecular weight excluding hydrogens is 158 g/mol. The van der Waals surface area contributed by atoms with E-state index in [0.717, 1.165) is 0 Å². The molecule has 0 atom stereocenters. The van der Waals surface area contributed by atoms with Crippen molar-refractivity contribution in [2.45, 2.75) is 0 Å². The van der Waals surface area contributed by atoms with Gasteiger partial charge in [0.1, 0.15) is 0 Å². The van der Waals surface area contributed by atoms with Gasteiger partial charge in [-0.25, -0.2) is 0 Å². The molecule has 0 fully saturated rings. The third-order valence-electron chi connectivity index (χ3n) is 1.01. The first-order chi connectivity index (χ1) is 5.13. The van der Waals surface area contributed by atoms with Gasteiger partial charge in [0.25, 0.3) is 0 Å². The molecule has 1 aromatic rings. The number of aromatic nitrogens is 1. The van der Waals surface area contributed by atoms with E-state index in [0.29, 0.717) is 12.4 Å². The van der Waals surface area contributed by atoms with Crippen LogP contribution in [0.3, 0.4) is 0 Å². The number of pyridine rings is 1. The first-order valence-corrected chi connectivity index (χ1v) is 2.56. The Balaban J connectivity index is 3.32. The zero-order valence-electron chi connectivity index (χ0n) is 5.12. The van der Waals surface area contributed by atoms with E-state index in [1.165, 1.54) is 0 Å². The maximum absolute atomic E-state index is 12.4. The predicted molar refractivity (Wildman–Crippen MR) is 30.8 cm³/mol. The van der Waals surface area contributed by atoms with Crippen LogP contribution in [0.1, 0.15) is 0 Å². The maximum Gasteiger partial charge on any atom is 0.343 e. The zero-order chi connectivity index (χ0) is 8.43. The van der Waals surface area contributed by atoms with Crippen LogP contribution in [0.15, 0.2) is 12.4 Å². The molecule has 0 radical (unpaired) electrons. The van der Waals surface area contributed by atoms with Crippen molar-refractivity contribution in [2.75, 3.05) is 0 Å². The lowest BCUT2D eigenvalue weighted by Gasteiger charge is -1.92. The van der Waals surface area contributed by atoms with Gasteiger partial charge in [0.05, 0.1) is 17.3 Å². The van der Waals surface area contributed by atoms with Crippen LogP contribution < -0.4 is 0 Å². The molecule has 1 heterocycles. The van der Waals surface area contributed by atoms with Crippen molar-refractivity contribution in [3.8, 4) is 0 Å². The van der Waals surface area contributed by atoms with E-state index >= 15 is 0 Å². The summed E-state index contributed by atoms with van der Waals surface area (Å²) in [6.45, 7) is 0. The first kappa shape index (κ1) is 7.52. The molecule has 0 aliphatic rings. The molecule has 0 aliphatic carbocycles. The molecule has 6 heteroatoms. The number of hydrogen-bond donors (Lipinski definition) is 0. The van der Waals surface area contributed by atoms with E-state index in [9.17, 15) is 18.9 Å². The van der Waals surface area contributed by atoms with Gasteiger partial charge in [-0.15, -0.1) is 0 Å². The van der Waals surface area contributed by atoms with Gasteiger partial charge in [0, 0.05) is 0 Å². The summed E-state index contributed by atoms with van der Waals surface area (Å²) < 4.78 is 24.7. The standard InChI is InChI=1S/C5H2F2N2O2/c6-3-1-8-2-4(7)5(3)9(10)11/h1-2H. The highest BCUT2D eigenvalue weighted by Gasteiger charge is 2.20. The molecule has 1 aromatic heterocycles. The largest absolute Gasteiger partial charge is 0.343 e. The first-order valence-electron chi connectivity index (χ1n) is 2.56. The summed E-state index contributed by atoms with van der Waals surface area (Å²) >= 11 is 0. The Bertz CT molecular complexity index is 282. The highest BCUT2D eigenvalue weighted by atomic mass is 19.1. The summed E-state index contributed by atoms with van der Waals surface area (Å²) in [4.78, 5) is 11.9. The van der Waals surface area contributed by atoms with E-state index in [1.807, 2.05) is 0 Å². The summed E-state index contributed by atoms with van der Waals surface area (Å²) in [7, 11) is 0. The lowest BCUT2D eigenvalue weighted by molar-refractivity contribution is -0.390. The minimum Gasteiger partial charge on any atom is -0.258 e. The van der Waals surface area contributed by atoms with E-state index in [4.69, 9.17) is 0 Å². The minimum atomic E-state index is -1.27. The molecule has 0 unspecified atom stereocenters. The fourth-order valence-electron chi connectivity index (χ4n) is 0.579. The molecule has 58 valence electrons. The molecule has 1 rings (SSSR count). The highest BCUT2D eigenvalue weighted by Crippen LogP contribution is 2.18. The molecular formula is C5H2F2N2O2. The summed E-state index contributed by atoms with van der Waals surface area (Å²) in [5.74, 6) is -2.54. The Morgan fingerprint density at radius 2 is 1.82 bits per heavy atom. The molecule has 0 spiro atoms. The van der Waals surface area contributed by atoms with Crippen molar-refractivity contribution < 1.29 is 13.7 Å². The Morgan fingerprint density at radius 3 is 2.09 bits per heavy atom. The Hall–Kier alpha value is -1.59. The lowest BCUT2D eigenvalue weighted by atomic mass is 10.4. The van der Waals surface area contributed by atoms with Gasteiger partial charge in [-0.1, -0.05) is 0 Å². The van der Waals surface area contributed by atoms with Crippen molar-refractivity contribution in [3.63, 3.8) is 0 Å². The van der Waals surface area contributed by atoms with E-state index in [-0.39, 0.29) is 0 Å². The Morgan fingerprint density at radius 1 is 1.36 bits per heavy atom. The molecule has 0 amide bonds. The molecule has 11 heavy (non-hydrogen) atoms. The van der Waals surface area contributed by atoms with Crippen LogP contribution in [0.2, 0.25) is 0 Å². The van der Waals surface area contributed by atoms with E-state index in [1.54, 1.807) is 0 Å². The number of nitrogens with zero attached hydrogens (tertiary/aromatic N) is 2. The second kappa shape index (κ2) is 2.57. The second-order valence-corrected chi connectivity index (χ2v) is 1.71. The van der Waals surface area contributed by atoms with Crippen LogP contribution in [0.5, 0.6) is 0 Å². The van der Waals surface area contributed by atoms with Gasteiger partial charge in [-0.3, -0.25) is 15.1 Å². The van der Waals surface area contributed by atoms with Crippen LogP contribution in [-0.2, 0) is 0 Å². The van der Waals surface area contributed by atoms with Crippen molar-refractivity contribution >= 4 is 5.69 Å². The smallest absolute Gasteiger partial charge is 0.258 e. The molecule has 4 nitrogen and oxygen atoms in total. The zero-order valence-corrected chi connectivity index (χ0v) is 5.12. The predicted octanol–water partition coefficient (Wildman–Crippen LogP) is 1.27. The van der Waals surface area contributed by atoms with Crippen LogP contribution in [-0.4, -0.2) is 9.91 Å². The van der Waals surface area contributed by atoms with Gasteiger partial charge in [0.15, 0.2) is 0 Å². The third-order valence-corrected chi connectivity index (χ3v) is 1.01. The molecule has 0 aromatic carbocycles. The number of rotatable bonds is 1. The average Bonchev–Trinajstić information content (AvgIpc) is 1.85. The van der Waals surface area contributed by atoms with Crippen LogP contribution in [0, 0.1) is 21.7 Å². The molecule has 0 aliphatic heterocycles. The summed E-state index contributed by atoms with van der Waals surface area (Å²) in [6, 6.07) is 0. The highest BCUT2D eigenvalue weighted by molar-refractivity contribution is 5.29. The summed E-state index contributed by atoms with van der Waals surface area (Å²) in [6.07, 6.45) is 1.17. The fraction of sp³-hybridized carbons (Fsp3) is 0. The quantitative estimate of drug-likeness (QED) is 0.459. The molecule has 0 saturated heterocycles. The minimum absolute atomic E-state index is 0.585. The normalized spacial score (nSPS) is 9.64. The van der Waals surface area contributed by atoms with Gasteiger partial charge in [-0.2, -0.15) is 8.78 Å². The van der Waals surface area contributed by atoms with Crippen molar-refractivity contribution in [1.82, 2.24) is 4.98 Å². The Kier molecular flexibility index (Phi) is 1.75. The van der Waals surface area contributed by atoms with Crippen LogP contribution >= 0.6 is 0 Å². The maximum atomic E-state index is 12.4. The second-order valence-electron chi connectivity index (χ2n) is 1.71. The summed E-state index contributed by atoms with van der Waals surface area (Å²) in [5.41, 5.74) is -1.17. The van der Waals surface area contributed by atoms with Gasteiger partial charge >= 0.3 is 5.69 Å². The fourth-order valence-corrected chi connectivity index (χ4v) is 0.579.